The predicted octanol–water partition coefficient (Wildman–Crippen LogP) is 0.305. The summed E-state index contributed by atoms with van der Waals surface area (Å²) in [5.74, 6) is -2.00. The molecule has 2 N–H and O–H groups in total. The molecule has 142 valence electrons. The molecule has 0 spiro atoms. The molecule has 26 heavy (non-hydrogen) atoms. The van der Waals surface area contributed by atoms with Crippen molar-refractivity contribution in [2.45, 2.75) is 51.6 Å². The predicted molar refractivity (Wildman–Crippen MR) is 89.3 cm³/mol. The Kier molecular flexibility index (Phi) is 5.26. The second kappa shape index (κ2) is 6.94. The molecule has 1 saturated heterocycles. The lowest BCUT2D eigenvalue weighted by atomic mass is 9.90. The zero-order valence-corrected chi connectivity index (χ0v) is 15.4. The fourth-order valence-electron chi connectivity index (χ4n) is 2.74. The molecular formula is C17H24N4O5. The smallest absolute Gasteiger partial charge is 0.326 e. The minimum Gasteiger partial charge on any atom is -0.454 e. The maximum atomic E-state index is 12.4. The Bertz CT molecular complexity index is 681. The van der Waals surface area contributed by atoms with Crippen molar-refractivity contribution in [1.82, 2.24) is 15.5 Å². The van der Waals surface area contributed by atoms with E-state index in [4.69, 9.17) is 10.00 Å². The van der Waals surface area contributed by atoms with E-state index in [0.717, 1.165) is 17.7 Å². The van der Waals surface area contributed by atoms with Crippen molar-refractivity contribution >= 4 is 23.8 Å². The van der Waals surface area contributed by atoms with Crippen LogP contribution in [0.15, 0.2) is 0 Å². The average molecular weight is 364 g/mol. The third-order valence-corrected chi connectivity index (χ3v) is 5.13. The molecule has 2 aliphatic rings. The van der Waals surface area contributed by atoms with Gasteiger partial charge in [-0.25, -0.2) is 4.79 Å². The molecule has 1 saturated carbocycles. The number of hydrogen-bond donors (Lipinski definition) is 2. The van der Waals surface area contributed by atoms with Gasteiger partial charge in [-0.2, -0.15) is 5.26 Å². The number of ether oxygens (including phenoxy) is 1. The molecule has 0 aromatic rings. The number of esters is 1. The van der Waals surface area contributed by atoms with Gasteiger partial charge in [0.05, 0.1) is 6.07 Å². The molecule has 0 aromatic heterocycles. The number of amides is 4. The van der Waals surface area contributed by atoms with E-state index in [1.54, 1.807) is 27.7 Å². The van der Waals surface area contributed by atoms with E-state index in [9.17, 15) is 19.2 Å². The van der Waals surface area contributed by atoms with Crippen LogP contribution >= 0.6 is 0 Å². The summed E-state index contributed by atoms with van der Waals surface area (Å²) in [6.45, 7) is 5.64. The maximum Gasteiger partial charge on any atom is 0.326 e. The SMILES string of the molecule is CC(C)[C@](C)(C#N)NC(=O)COC(=O)CN1C(=O)N[C@](C)(C2CC2)C1=O. The fraction of sp³-hybridized carbons (Fsp3) is 0.706. The molecule has 1 aliphatic carbocycles. The first kappa shape index (κ1) is 19.7. The molecule has 0 aromatic carbocycles. The highest BCUT2D eigenvalue weighted by Gasteiger charge is 2.56. The van der Waals surface area contributed by atoms with Crippen LogP contribution in [0.4, 0.5) is 4.79 Å². The fourth-order valence-corrected chi connectivity index (χ4v) is 2.74. The minimum atomic E-state index is -1.08. The summed E-state index contributed by atoms with van der Waals surface area (Å²) in [4.78, 5) is 49.0. The molecule has 1 heterocycles. The highest BCUT2D eigenvalue weighted by molar-refractivity contribution is 6.08. The number of nitrogens with zero attached hydrogens (tertiary/aromatic N) is 2. The Labute approximate surface area is 152 Å². The van der Waals surface area contributed by atoms with Gasteiger partial charge in [-0.1, -0.05) is 13.8 Å². The molecule has 1 aliphatic heterocycles. The van der Waals surface area contributed by atoms with E-state index in [0.29, 0.717) is 0 Å². The van der Waals surface area contributed by atoms with E-state index in [1.165, 1.54) is 0 Å². The molecule has 0 bridgehead atoms. The standard InChI is InChI=1S/C17H24N4O5/c1-10(2)16(3,9-18)19-12(22)8-26-13(23)7-21-14(24)17(4,11-5-6-11)20-15(21)25/h10-11H,5-8H2,1-4H3,(H,19,22)(H,20,25)/t16-,17+/m0/s1. The number of carbonyl (C=O) groups excluding carboxylic acids is 4. The Morgan fingerprint density at radius 3 is 2.58 bits per heavy atom. The van der Waals surface area contributed by atoms with Gasteiger partial charge in [0.2, 0.25) is 0 Å². The summed E-state index contributed by atoms with van der Waals surface area (Å²) in [5, 5.41) is 14.3. The van der Waals surface area contributed by atoms with Crippen LogP contribution in [0.3, 0.4) is 0 Å². The van der Waals surface area contributed by atoms with E-state index in [1.807, 2.05) is 6.07 Å². The topological polar surface area (TPSA) is 129 Å². The van der Waals surface area contributed by atoms with Crippen molar-refractivity contribution in [2.75, 3.05) is 13.2 Å². The summed E-state index contributed by atoms with van der Waals surface area (Å²) in [6, 6.07) is 1.38. The highest BCUT2D eigenvalue weighted by atomic mass is 16.5. The second-order valence-electron chi connectivity index (χ2n) is 7.48. The van der Waals surface area contributed by atoms with E-state index < -0.39 is 48.0 Å². The van der Waals surface area contributed by atoms with Gasteiger partial charge in [-0.05, 0) is 38.5 Å². The summed E-state index contributed by atoms with van der Waals surface area (Å²) in [5.41, 5.74) is -2.05. The monoisotopic (exact) mass is 364 g/mol. The van der Waals surface area contributed by atoms with Crippen molar-refractivity contribution in [3.63, 3.8) is 0 Å². The van der Waals surface area contributed by atoms with Crippen molar-refractivity contribution in [3.8, 4) is 6.07 Å². The van der Waals surface area contributed by atoms with Crippen molar-refractivity contribution in [2.24, 2.45) is 11.8 Å². The van der Waals surface area contributed by atoms with Crippen LogP contribution in [-0.2, 0) is 19.1 Å². The van der Waals surface area contributed by atoms with Gasteiger partial charge in [0.1, 0.15) is 17.6 Å². The van der Waals surface area contributed by atoms with Crippen molar-refractivity contribution in [1.29, 1.82) is 5.26 Å². The third kappa shape index (κ3) is 3.79. The van der Waals surface area contributed by atoms with Gasteiger partial charge >= 0.3 is 12.0 Å². The molecule has 2 rings (SSSR count). The molecule has 0 unspecified atom stereocenters. The van der Waals surface area contributed by atoms with Gasteiger partial charge in [0.25, 0.3) is 11.8 Å². The summed E-state index contributed by atoms with van der Waals surface area (Å²) < 4.78 is 4.84. The van der Waals surface area contributed by atoms with E-state index >= 15 is 0 Å². The number of urea groups is 1. The van der Waals surface area contributed by atoms with Crippen LogP contribution < -0.4 is 10.6 Å². The molecule has 9 nitrogen and oxygen atoms in total. The number of hydrogen-bond acceptors (Lipinski definition) is 6. The Morgan fingerprint density at radius 2 is 2.08 bits per heavy atom. The summed E-state index contributed by atoms with van der Waals surface area (Å²) in [7, 11) is 0. The van der Waals surface area contributed by atoms with Gasteiger partial charge in [-0.15, -0.1) is 0 Å². The highest BCUT2D eigenvalue weighted by Crippen LogP contribution is 2.42. The average Bonchev–Trinajstić information content (AvgIpc) is 3.39. The third-order valence-electron chi connectivity index (χ3n) is 5.13. The van der Waals surface area contributed by atoms with Crippen LogP contribution in [0.5, 0.6) is 0 Å². The summed E-state index contributed by atoms with van der Waals surface area (Å²) in [6.07, 6.45) is 1.71. The molecule has 2 fully saturated rings. The van der Waals surface area contributed by atoms with Crippen LogP contribution in [0.2, 0.25) is 0 Å². The Balaban J connectivity index is 1.86. The Morgan fingerprint density at radius 1 is 1.46 bits per heavy atom. The molecule has 0 radical (unpaired) electrons. The van der Waals surface area contributed by atoms with Gasteiger partial charge in [-0.3, -0.25) is 19.3 Å². The molecule has 4 amide bonds. The normalized spacial score (nSPS) is 24.7. The second-order valence-corrected chi connectivity index (χ2v) is 7.48. The first-order valence-corrected chi connectivity index (χ1v) is 8.55. The van der Waals surface area contributed by atoms with E-state index in [2.05, 4.69) is 10.6 Å². The van der Waals surface area contributed by atoms with Gasteiger partial charge in [0.15, 0.2) is 6.61 Å². The number of nitrogens with one attached hydrogen (secondary N) is 2. The Hall–Kier alpha value is -2.63. The first-order valence-electron chi connectivity index (χ1n) is 8.55. The quantitative estimate of drug-likeness (QED) is 0.494. The number of rotatable bonds is 7. The molecular weight excluding hydrogens is 340 g/mol. The lowest BCUT2D eigenvalue weighted by molar-refractivity contribution is -0.151. The molecule has 9 heteroatoms. The summed E-state index contributed by atoms with van der Waals surface area (Å²) >= 11 is 0. The minimum absolute atomic E-state index is 0.0884. The van der Waals surface area contributed by atoms with Gasteiger partial charge < -0.3 is 15.4 Å². The maximum absolute atomic E-state index is 12.4. The van der Waals surface area contributed by atoms with Crippen LogP contribution in [0.1, 0.15) is 40.5 Å². The number of carbonyl (C=O) groups is 4. The number of nitriles is 1. The van der Waals surface area contributed by atoms with Crippen LogP contribution in [0.25, 0.3) is 0 Å². The zero-order valence-electron chi connectivity index (χ0n) is 15.4. The lowest BCUT2D eigenvalue weighted by Gasteiger charge is -2.27. The van der Waals surface area contributed by atoms with Gasteiger partial charge in [0, 0.05) is 0 Å². The van der Waals surface area contributed by atoms with Crippen LogP contribution in [0, 0.1) is 23.2 Å². The van der Waals surface area contributed by atoms with Crippen LogP contribution in [-0.4, -0.2) is 52.9 Å². The first-order chi connectivity index (χ1) is 12.0. The number of imide groups is 1. The molecule has 2 atom stereocenters. The largest absolute Gasteiger partial charge is 0.454 e. The van der Waals surface area contributed by atoms with E-state index in [-0.39, 0.29) is 11.8 Å². The van der Waals surface area contributed by atoms with Crippen molar-refractivity contribution < 1.29 is 23.9 Å². The van der Waals surface area contributed by atoms with Crippen molar-refractivity contribution in [3.05, 3.63) is 0 Å². The zero-order chi connectivity index (χ0) is 19.7. The lowest BCUT2D eigenvalue weighted by Crippen LogP contribution is -2.50.